The Morgan fingerprint density at radius 2 is 2.22 bits per heavy atom. The molecule has 0 fully saturated rings. The van der Waals surface area contributed by atoms with Crippen molar-refractivity contribution < 1.29 is 8.42 Å². The van der Waals surface area contributed by atoms with Crippen molar-refractivity contribution in [2.24, 2.45) is 5.73 Å². The lowest BCUT2D eigenvalue weighted by atomic mass is 10.1. The van der Waals surface area contributed by atoms with E-state index in [1.807, 2.05) is 6.92 Å². The number of sulfonamides is 1. The number of rotatable bonds is 8. The Labute approximate surface area is 109 Å². The van der Waals surface area contributed by atoms with Crippen LogP contribution in [0.15, 0.2) is 17.6 Å². The van der Waals surface area contributed by atoms with Gasteiger partial charge in [-0.1, -0.05) is 19.8 Å². The topological polar surface area (TPSA) is 90.0 Å². The van der Waals surface area contributed by atoms with Gasteiger partial charge in [-0.15, -0.1) is 0 Å². The van der Waals surface area contributed by atoms with Gasteiger partial charge in [0.2, 0.25) is 0 Å². The molecule has 0 aliphatic carbocycles. The van der Waals surface area contributed by atoms with Gasteiger partial charge in [0.15, 0.2) is 5.03 Å². The van der Waals surface area contributed by atoms with Gasteiger partial charge in [-0.2, -0.15) is 0 Å². The summed E-state index contributed by atoms with van der Waals surface area (Å²) in [5, 5.41) is 0.0549. The third-order valence-electron chi connectivity index (χ3n) is 2.76. The largest absolute Gasteiger partial charge is 0.336 e. The fraction of sp³-hybridized carbons (Fsp3) is 0.727. The standard InChI is InChI=1S/C11H22N4O2S/c1-3-5-6-10(7-12)14-18(16,17)11-8-15(4-2)9-13-11/h8-10,14H,3-7,12H2,1-2H3. The number of nitrogens with one attached hydrogen (secondary N) is 1. The highest BCUT2D eigenvalue weighted by Crippen LogP contribution is 2.08. The Morgan fingerprint density at radius 3 is 2.72 bits per heavy atom. The number of nitrogens with zero attached hydrogens (tertiary/aromatic N) is 2. The van der Waals surface area contributed by atoms with Crippen molar-refractivity contribution in [2.45, 2.75) is 50.7 Å². The number of hydrogen-bond donors (Lipinski definition) is 2. The molecule has 0 saturated carbocycles. The maximum Gasteiger partial charge on any atom is 0.259 e. The Balaban J connectivity index is 2.73. The molecule has 1 atom stereocenters. The average Bonchev–Trinajstić information content (AvgIpc) is 2.83. The minimum Gasteiger partial charge on any atom is -0.336 e. The molecule has 18 heavy (non-hydrogen) atoms. The van der Waals surface area contributed by atoms with E-state index in [-0.39, 0.29) is 11.1 Å². The molecule has 6 nitrogen and oxygen atoms in total. The van der Waals surface area contributed by atoms with E-state index in [4.69, 9.17) is 5.73 Å². The normalized spacial score (nSPS) is 13.7. The summed E-state index contributed by atoms with van der Waals surface area (Å²) in [6.07, 6.45) is 5.75. The minimum atomic E-state index is -3.55. The maximum absolute atomic E-state index is 12.1. The molecule has 1 unspecified atom stereocenters. The van der Waals surface area contributed by atoms with Crippen molar-refractivity contribution in [1.29, 1.82) is 0 Å². The van der Waals surface area contributed by atoms with Gasteiger partial charge in [-0.25, -0.2) is 18.1 Å². The summed E-state index contributed by atoms with van der Waals surface area (Å²) in [6, 6.07) is -0.221. The molecule has 0 amide bonds. The van der Waals surface area contributed by atoms with E-state index in [9.17, 15) is 8.42 Å². The van der Waals surface area contributed by atoms with Crippen LogP contribution in [0.1, 0.15) is 33.1 Å². The summed E-state index contributed by atoms with van der Waals surface area (Å²) in [7, 11) is -3.55. The molecule has 0 saturated heterocycles. The van der Waals surface area contributed by atoms with Crippen LogP contribution < -0.4 is 10.5 Å². The summed E-state index contributed by atoms with van der Waals surface area (Å²) < 4.78 is 28.4. The number of imidazole rings is 1. The molecule has 0 bridgehead atoms. The molecule has 1 heterocycles. The summed E-state index contributed by atoms with van der Waals surface area (Å²) in [5.74, 6) is 0. The molecule has 3 N–H and O–H groups in total. The second-order valence-corrected chi connectivity index (χ2v) is 5.90. The number of aryl methyl sites for hydroxylation is 1. The van der Waals surface area contributed by atoms with E-state index in [2.05, 4.69) is 16.6 Å². The van der Waals surface area contributed by atoms with Crippen molar-refractivity contribution in [3.8, 4) is 0 Å². The molecule has 0 aromatic carbocycles. The van der Waals surface area contributed by atoms with Crippen LogP contribution >= 0.6 is 0 Å². The van der Waals surface area contributed by atoms with E-state index in [1.54, 1.807) is 4.57 Å². The Bertz CT molecular complexity index is 455. The van der Waals surface area contributed by atoms with E-state index in [0.717, 1.165) is 19.3 Å². The first kappa shape index (κ1) is 15.1. The van der Waals surface area contributed by atoms with Gasteiger partial charge in [0.1, 0.15) is 0 Å². The van der Waals surface area contributed by atoms with E-state index >= 15 is 0 Å². The molecule has 0 aliphatic heterocycles. The number of aromatic nitrogens is 2. The Morgan fingerprint density at radius 1 is 1.50 bits per heavy atom. The molecule has 1 aromatic rings. The van der Waals surface area contributed by atoms with Gasteiger partial charge in [0.25, 0.3) is 10.0 Å². The number of nitrogens with two attached hydrogens (primary N) is 1. The van der Waals surface area contributed by atoms with Gasteiger partial charge in [-0.3, -0.25) is 0 Å². The summed E-state index contributed by atoms with van der Waals surface area (Å²) in [5.41, 5.74) is 5.58. The van der Waals surface area contributed by atoms with Gasteiger partial charge in [0.05, 0.1) is 6.33 Å². The maximum atomic E-state index is 12.1. The van der Waals surface area contributed by atoms with Crippen LogP contribution in [0, 0.1) is 0 Å². The molecule has 104 valence electrons. The number of unbranched alkanes of at least 4 members (excludes halogenated alkanes) is 1. The third-order valence-corrected chi connectivity index (χ3v) is 4.17. The van der Waals surface area contributed by atoms with Gasteiger partial charge in [-0.05, 0) is 13.3 Å². The zero-order valence-corrected chi connectivity index (χ0v) is 11.8. The van der Waals surface area contributed by atoms with Crippen molar-refractivity contribution >= 4 is 10.0 Å². The lowest BCUT2D eigenvalue weighted by Crippen LogP contribution is -2.40. The second kappa shape index (κ2) is 6.86. The van der Waals surface area contributed by atoms with Crippen LogP contribution in [0.5, 0.6) is 0 Å². The lowest BCUT2D eigenvalue weighted by Gasteiger charge is -2.15. The van der Waals surface area contributed by atoms with Gasteiger partial charge < -0.3 is 10.3 Å². The molecule has 0 radical (unpaired) electrons. The highest BCUT2D eigenvalue weighted by Gasteiger charge is 2.21. The quantitative estimate of drug-likeness (QED) is 0.730. The zero-order chi connectivity index (χ0) is 13.6. The van der Waals surface area contributed by atoms with Crippen molar-refractivity contribution in [3.63, 3.8) is 0 Å². The second-order valence-electron chi connectivity index (χ2n) is 4.24. The number of hydrogen-bond acceptors (Lipinski definition) is 4. The summed E-state index contributed by atoms with van der Waals surface area (Å²) >= 11 is 0. The van der Waals surface area contributed by atoms with Crippen molar-refractivity contribution in [3.05, 3.63) is 12.5 Å². The van der Waals surface area contributed by atoms with Crippen LogP contribution in [0.3, 0.4) is 0 Å². The predicted octanol–water partition coefficient (Wildman–Crippen LogP) is 0.699. The highest BCUT2D eigenvalue weighted by molar-refractivity contribution is 7.89. The average molecular weight is 274 g/mol. The fourth-order valence-corrected chi connectivity index (χ4v) is 2.84. The van der Waals surface area contributed by atoms with E-state index in [0.29, 0.717) is 13.1 Å². The first-order valence-electron chi connectivity index (χ1n) is 6.27. The first-order valence-corrected chi connectivity index (χ1v) is 7.76. The molecule has 7 heteroatoms. The van der Waals surface area contributed by atoms with Crippen molar-refractivity contribution in [1.82, 2.24) is 14.3 Å². The fourth-order valence-electron chi connectivity index (χ4n) is 1.61. The van der Waals surface area contributed by atoms with Crippen LogP contribution in [-0.2, 0) is 16.6 Å². The molecule has 1 aromatic heterocycles. The van der Waals surface area contributed by atoms with Crippen LogP contribution in [0.4, 0.5) is 0 Å². The SMILES string of the molecule is CCCCC(CN)NS(=O)(=O)c1cn(CC)cn1. The Kier molecular flexibility index (Phi) is 5.77. The smallest absolute Gasteiger partial charge is 0.259 e. The van der Waals surface area contributed by atoms with Gasteiger partial charge in [0, 0.05) is 25.3 Å². The zero-order valence-electron chi connectivity index (χ0n) is 11.0. The monoisotopic (exact) mass is 274 g/mol. The van der Waals surface area contributed by atoms with Crippen LogP contribution in [0.2, 0.25) is 0 Å². The third kappa shape index (κ3) is 4.08. The van der Waals surface area contributed by atoms with Crippen LogP contribution in [-0.4, -0.2) is 30.6 Å². The van der Waals surface area contributed by atoms with E-state index in [1.165, 1.54) is 12.5 Å². The predicted molar refractivity (Wildman–Crippen MR) is 70.6 cm³/mol. The van der Waals surface area contributed by atoms with E-state index < -0.39 is 10.0 Å². The molecule has 0 aliphatic rings. The molecular formula is C11H22N4O2S. The first-order chi connectivity index (χ1) is 8.53. The minimum absolute atomic E-state index is 0.0549. The molecule has 0 spiro atoms. The highest BCUT2D eigenvalue weighted by atomic mass is 32.2. The Hall–Kier alpha value is -0.920. The molecular weight excluding hydrogens is 252 g/mol. The van der Waals surface area contributed by atoms with Gasteiger partial charge >= 0.3 is 0 Å². The molecule has 1 rings (SSSR count). The van der Waals surface area contributed by atoms with Crippen LogP contribution in [0.25, 0.3) is 0 Å². The summed E-state index contributed by atoms with van der Waals surface area (Å²) in [6.45, 7) is 4.98. The lowest BCUT2D eigenvalue weighted by molar-refractivity contribution is 0.514. The van der Waals surface area contributed by atoms with Crippen molar-refractivity contribution in [2.75, 3.05) is 6.54 Å². The summed E-state index contributed by atoms with van der Waals surface area (Å²) in [4.78, 5) is 3.90.